The highest BCUT2D eigenvalue weighted by Gasteiger charge is 2.30. The van der Waals surface area contributed by atoms with Crippen molar-refractivity contribution in [2.45, 2.75) is 19.8 Å². The standard InChI is InChI=1S/C17H22N6O2S.ClH/c1-11-13(26-16(22-11)14-19-6-3-7-20-14)17(25)23-9-2-4-12(10-23)15(24)21-8-5-18;/h3,6-7,12H,2,4-5,8-10,18H2,1H3,(H,21,24);1H. The van der Waals surface area contributed by atoms with Gasteiger partial charge in [-0.3, -0.25) is 9.59 Å². The van der Waals surface area contributed by atoms with Crippen LogP contribution < -0.4 is 11.1 Å². The zero-order valence-corrected chi connectivity index (χ0v) is 16.7. The summed E-state index contributed by atoms with van der Waals surface area (Å²) in [6, 6.07) is 1.74. The van der Waals surface area contributed by atoms with Crippen LogP contribution in [0.4, 0.5) is 0 Å². The zero-order valence-electron chi connectivity index (χ0n) is 15.1. The van der Waals surface area contributed by atoms with Crippen LogP contribution in [0.3, 0.4) is 0 Å². The molecular weight excluding hydrogens is 388 g/mol. The van der Waals surface area contributed by atoms with Gasteiger partial charge in [-0.25, -0.2) is 15.0 Å². The van der Waals surface area contributed by atoms with E-state index in [0.29, 0.717) is 47.6 Å². The summed E-state index contributed by atoms with van der Waals surface area (Å²) in [6.07, 6.45) is 4.88. The maximum Gasteiger partial charge on any atom is 0.265 e. The topological polar surface area (TPSA) is 114 Å². The molecule has 0 spiro atoms. The zero-order chi connectivity index (χ0) is 18.5. The van der Waals surface area contributed by atoms with Crippen LogP contribution in [0.25, 0.3) is 10.8 Å². The van der Waals surface area contributed by atoms with Gasteiger partial charge in [0.05, 0.1) is 11.6 Å². The lowest BCUT2D eigenvalue weighted by atomic mass is 9.97. The Morgan fingerprint density at radius 1 is 1.37 bits per heavy atom. The molecule has 8 nitrogen and oxygen atoms in total. The van der Waals surface area contributed by atoms with E-state index in [9.17, 15) is 9.59 Å². The Hall–Kier alpha value is -2.10. The average Bonchev–Trinajstić information content (AvgIpc) is 3.08. The van der Waals surface area contributed by atoms with Crippen LogP contribution in [0.1, 0.15) is 28.2 Å². The minimum absolute atomic E-state index is 0. The quantitative estimate of drug-likeness (QED) is 0.766. The fourth-order valence-corrected chi connectivity index (χ4v) is 3.94. The van der Waals surface area contributed by atoms with Gasteiger partial charge >= 0.3 is 0 Å². The van der Waals surface area contributed by atoms with E-state index < -0.39 is 0 Å². The monoisotopic (exact) mass is 410 g/mol. The molecule has 0 aliphatic carbocycles. The first-order valence-corrected chi connectivity index (χ1v) is 9.43. The molecule has 0 bridgehead atoms. The van der Waals surface area contributed by atoms with Crippen LogP contribution in [0.15, 0.2) is 18.5 Å². The third kappa shape index (κ3) is 5.00. The van der Waals surface area contributed by atoms with Crippen LogP contribution in [-0.4, -0.2) is 57.8 Å². The van der Waals surface area contributed by atoms with Gasteiger partial charge in [-0.2, -0.15) is 0 Å². The molecule has 0 radical (unpaired) electrons. The second-order valence-electron chi connectivity index (χ2n) is 6.18. The van der Waals surface area contributed by atoms with Gasteiger partial charge in [0.25, 0.3) is 5.91 Å². The summed E-state index contributed by atoms with van der Waals surface area (Å²) in [7, 11) is 0. The summed E-state index contributed by atoms with van der Waals surface area (Å²) < 4.78 is 0. The van der Waals surface area contributed by atoms with Crippen LogP contribution in [0, 0.1) is 12.8 Å². The van der Waals surface area contributed by atoms with E-state index in [2.05, 4.69) is 20.3 Å². The molecule has 2 aromatic rings. The minimum Gasteiger partial charge on any atom is -0.355 e. The van der Waals surface area contributed by atoms with Crippen molar-refractivity contribution in [2.24, 2.45) is 11.7 Å². The SMILES string of the molecule is Cc1nc(-c2ncccn2)sc1C(=O)N1CCCC(C(=O)NCCN)C1.Cl. The molecule has 1 unspecified atom stereocenters. The van der Waals surface area contributed by atoms with Crippen molar-refractivity contribution in [3.05, 3.63) is 29.0 Å². The summed E-state index contributed by atoms with van der Waals surface area (Å²) in [5.41, 5.74) is 6.09. The molecule has 146 valence electrons. The predicted octanol–water partition coefficient (Wildman–Crippen LogP) is 1.26. The van der Waals surface area contributed by atoms with Gasteiger partial charge in [-0.05, 0) is 25.8 Å². The van der Waals surface area contributed by atoms with E-state index in [1.807, 2.05) is 6.92 Å². The summed E-state index contributed by atoms with van der Waals surface area (Å²) in [4.78, 5) is 40.3. The van der Waals surface area contributed by atoms with Crippen LogP contribution in [0.5, 0.6) is 0 Å². The first-order valence-electron chi connectivity index (χ1n) is 8.62. The number of aromatic nitrogens is 3. The molecule has 1 aliphatic rings. The van der Waals surface area contributed by atoms with E-state index in [1.165, 1.54) is 11.3 Å². The van der Waals surface area contributed by atoms with Gasteiger partial charge in [-0.1, -0.05) is 0 Å². The summed E-state index contributed by atoms with van der Waals surface area (Å²) in [5, 5.41) is 3.44. The molecule has 1 fully saturated rings. The Kier molecular flexibility index (Phi) is 7.64. The predicted molar refractivity (Wildman–Crippen MR) is 106 cm³/mol. The van der Waals surface area contributed by atoms with Crippen LogP contribution >= 0.6 is 23.7 Å². The van der Waals surface area contributed by atoms with Gasteiger partial charge in [0.1, 0.15) is 4.88 Å². The Morgan fingerprint density at radius 2 is 2.11 bits per heavy atom. The number of nitrogens with one attached hydrogen (secondary N) is 1. The number of carbonyl (C=O) groups is 2. The highest BCUT2D eigenvalue weighted by Crippen LogP contribution is 2.28. The normalized spacial score (nSPS) is 16.5. The molecule has 10 heteroatoms. The van der Waals surface area contributed by atoms with E-state index in [4.69, 9.17) is 5.73 Å². The lowest BCUT2D eigenvalue weighted by molar-refractivity contribution is -0.126. The van der Waals surface area contributed by atoms with Crippen molar-refractivity contribution in [2.75, 3.05) is 26.2 Å². The molecule has 2 aromatic heterocycles. The van der Waals surface area contributed by atoms with Crippen LogP contribution in [-0.2, 0) is 4.79 Å². The second-order valence-corrected chi connectivity index (χ2v) is 7.18. The first-order chi connectivity index (χ1) is 12.6. The molecule has 2 amide bonds. The van der Waals surface area contributed by atoms with Crippen molar-refractivity contribution >= 4 is 35.6 Å². The number of thiazole rings is 1. The number of nitrogens with two attached hydrogens (primary N) is 1. The number of amides is 2. The fraction of sp³-hybridized carbons (Fsp3) is 0.471. The molecule has 27 heavy (non-hydrogen) atoms. The molecule has 3 N–H and O–H groups in total. The van der Waals surface area contributed by atoms with Crippen molar-refractivity contribution in [3.63, 3.8) is 0 Å². The number of piperidine rings is 1. The van der Waals surface area contributed by atoms with Gasteiger partial charge in [0.15, 0.2) is 10.8 Å². The number of nitrogens with zero attached hydrogens (tertiary/aromatic N) is 4. The van der Waals surface area contributed by atoms with E-state index in [-0.39, 0.29) is 30.1 Å². The number of rotatable bonds is 5. The van der Waals surface area contributed by atoms with Gasteiger partial charge in [0, 0.05) is 38.6 Å². The number of carbonyl (C=O) groups excluding carboxylic acids is 2. The van der Waals surface area contributed by atoms with Gasteiger partial charge in [0.2, 0.25) is 5.91 Å². The molecule has 1 aliphatic heterocycles. The summed E-state index contributed by atoms with van der Waals surface area (Å²) >= 11 is 1.29. The molecule has 1 saturated heterocycles. The lowest BCUT2D eigenvalue weighted by Crippen LogP contribution is -2.46. The van der Waals surface area contributed by atoms with Crippen molar-refractivity contribution in [1.82, 2.24) is 25.2 Å². The van der Waals surface area contributed by atoms with E-state index in [0.717, 1.165) is 12.8 Å². The van der Waals surface area contributed by atoms with E-state index in [1.54, 1.807) is 23.4 Å². The minimum atomic E-state index is -0.190. The third-order valence-corrected chi connectivity index (χ3v) is 5.41. The second kappa shape index (κ2) is 9.72. The Morgan fingerprint density at radius 3 is 2.81 bits per heavy atom. The molecule has 0 aromatic carbocycles. The molecule has 3 rings (SSSR count). The molecule has 3 heterocycles. The highest BCUT2D eigenvalue weighted by molar-refractivity contribution is 7.17. The third-order valence-electron chi connectivity index (χ3n) is 4.27. The maximum absolute atomic E-state index is 13.0. The van der Waals surface area contributed by atoms with Crippen molar-refractivity contribution < 1.29 is 9.59 Å². The number of hydrogen-bond donors (Lipinski definition) is 2. The molecule has 0 saturated carbocycles. The maximum atomic E-state index is 13.0. The van der Waals surface area contributed by atoms with Crippen LogP contribution in [0.2, 0.25) is 0 Å². The fourth-order valence-electron chi connectivity index (χ4n) is 2.96. The van der Waals surface area contributed by atoms with E-state index >= 15 is 0 Å². The Bertz CT molecular complexity index is 785. The summed E-state index contributed by atoms with van der Waals surface area (Å²) in [5.74, 6) is 0.201. The Labute approximate surface area is 168 Å². The average molecular weight is 411 g/mol. The van der Waals surface area contributed by atoms with Gasteiger partial charge in [-0.15, -0.1) is 23.7 Å². The number of halogens is 1. The largest absolute Gasteiger partial charge is 0.355 e. The number of aryl methyl sites for hydroxylation is 1. The Balaban J connectivity index is 0.00000261. The van der Waals surface area contributed by atoms with Crippen molar-refractivity contribution in [1.29, 1.82) is 0 Å². The highest BCUT2D eigenvalue weighted by atomic mass is 35.5. The van der Waals surface area contributed by atoms with Gasteiger partial charge < -0.3 is 16.0 Å². The lowest BCUT2D eigenvalue weighted by Gasteiger charge is -2.31. The molecule has 1 atom stereocenters. The smallest absolute Gasteiger partial charge is 0.265 e. The van der Waals surface area contributed by atoms with Crippen molar-refractivity contribution in [3.8, 4) is 10.8 Å². The summed E-state index contributed by atoms with van der Waals surface area (Å²) in [6.45, 7) is 3.74. The number of hydrogen-bond acceptors (Lipinski definition) is 7. The molecular formula is C17H23ClN6O2S. The first kappa shape index (κ1) is 21.2. The number of likely N-dealkylation sites (tertiary alicyclic amines) is 1.